The second-order valence-electron chi connectivity index (χ2n) is 4.68. The standard InChI is InChI=1S/C12H16FNOSi/c1-16(2,3)15-12(9-14)8-10-4-6-11(13)7-5-10/h4-7,12H,8H2,1-3H3. The fourth-order valence-electron chi connectivity index (χ4n) is 1.38. The first-order valence-corrected chi connectivity index (χ1v) is 8.63. The molecule has 86 valence electrons. The number of rotatable bonds is 4. The van der Waals surface area contributed by atoms with Crippen molar-refractivity contribution in [2.75, 3.05) is 0 Å². The number of nitriles is 1. The molecule has 16 heavy (non-hydrogen) atoms. The van der Waals surface area contributed by atoms with Gasteiger partial charge in [-0.3, -0.25) is 0 Å². The highest BCUT2D eigenvalue weighted by atomic mass is 28.4. The lowest BCUT2D eigenvalue weighted by molar-refractivity contribution is 0.249. The maximum absolute atomic E-state index is 12.7. The Balaban J connectivity index is 2.64. The number of hydrogen-bond donors (Lipinski definition) is 0. The van der Waals surface area contributed by atoms with Crippen LogP contribution in [0.2, 0.25) is 19.6 Å². The highest BCUT2D eigenvalue weighted by molar-refractivity contribution is 6.69. The third kappa shape index (κ3) is 4.56. The molecule has 0 fully saturated rings. The third-order valence-electron chi connectivity index (χ3n) is 1.97. The zero-order valence-corrected chi connectivity index (χ0v) is 10.8. The normalized spacial score (nSPS) is 13.2. The number of hydrogen-bond acceptors (Lipinski definition) is 2. The topological polar surface area (TPSA) is 33.0 Å². The predicted molar refractivity (Wildman–Crippen MR) is 63.9 cm³/mol. The molecule has 2 nitrogen and oxygen atoms in total. The summed E-state index contributed by atoms with van der Waals surface area (Å²) in [5.74, 6) is -0.261. The Labute approximate surface area is 96.8 Å². The minimum Gasteiger partial charge on any atom is -0.402 e. The van der Waals surface area contributed by atoms with E-state index in [-0.39, 0.29) is 5.82 Å². The van der Waals surface area contributed by atoms with Crippen molar-refractivity contribution in [3.05, 3.63) is 35.6 Å². The maximum atomic E-state index is 12.7. The average Bonchev–Trinajstić information content (AvgIpc) is 2.18. The molecule has 0 aliphatic heterocycles. The number of halogens is 1. The molecule has 0 aliphatic rings. The zero-order chi connectivity index (χ0) is 12.2. The molecule has 0 N–H and O–H groups in total. The van der Waals surface area contributed by atoms with Crippen LogP contribution >= 0.6 is 0 Å². The predicted octanol–water partition coefficient (Wildman–Crippen LogP) is 3.11. The minimum absolute atomic E-state index is 0.261. The number of benzene rings is 1. The highest BCUT2D eigenvalue weighted by Crippen LogP contribution is 2.12. The van der Waals surface area contributed by atoms with E-state index < -0.39 is 14.4 Å². The van der Waals surface area contributed by atoms with E-state index >= 15 is 0 Å². The van der Waals surface area contributed by atoms with Gasteiger partial charge in [-0.25, -0.2) is 4.39 Å². The quantitative estimate of drug-likeness (QED) is 0.754. The summed E-state index contributed by atoms with van der Waals surface area (Å²) in [7, 11) is -1.70. The lowest BCUT2D eigenvalue weighted by Gasteiger charge is -2.21. The molecule has 1 aromatic rings. The molecule has 0 spiro atoms. The van der Waals surface area contributed by atoms with Gasteiger partial charge in [-0.05, 0) is 37.3 Å². The van der Waals surface area contributed by atoms with Gasteiger partial charge < -0.3 is 4.43 Å². The average molecular weight is 237 g/mol. The monoisotopic (exact) mass is 237 g/mol. The van der Waals surface area contributed by atoms with Crippen molar-refractivity contribution in [3.63, 3.8) is 0 Å². The summed E-state index contributed by atoms with van der Waals surface area (Å²) in [5.41, 5.74) is 0.922. The first-order valence-electron chi connectivity index (χ1n) is 5.22. The van der Waals surface area contributed by atoms with Gasteiger partial charge in [-0.1, -0.05) is 12.1 Å². The van der Waals surface area contributed by atoms with Gasteiger partial charge in [0.25, 0.3) is 0 Å². The van der Waals surface area contributed by atoms with E-state index in [4.69, 9.17) is 9.69 Å². The van der Waals surface area contributed by atoms with Gasteiger partial charge in [0, 0.05) is 6.42 Å². The second-order valence-corrected chi connectivity index (χ2v) is 9.14. The van der Waals surface area contributed by atoms with Crippen LogP contribution in [0.5, 0.6) is 0 Å². The van der Waals surface area contributed by atoms with Crippen LogP contribution in [0.15, 0.2) is 24.3 Å². The van der Waals surface area contributed by atoms with Crippen LogP contribution in [0.25, 0.3) is 0 Å². The highest BCUT2D eigenvalue weighted by Gasteiger charge is 2.20. The largest absolute Gasteiger partial charge is 0.402 e. The molecule has 0 heterocycles. The van der Waals surface area contributed by atoms with Gasteiger partial charge >= 0.3 is 0 Å². The zero-order valence-electron chi connectivity index (χ0n) is 9.83. The number of nitrogens with zero attached hydrogens (tertiary/aromatic N) is 1. The van der Waals surface area contributed by atoms with Crippen LogP contribution in [0.1, 0.15) is 5.56 Å². The van der Waals surface area contributed by atoms with Crippen LogP contribution in [0.3, 0.4) is 0 Å². The van der Waals surface area contributed by atoms with E-state index in [1.165, 1.54) is 12.1 Å². The fraction of sp³-hybridized carbons (Fsp3) is 0.417. The van der Waals surface area contributed by atoms with Crippen LogP contribution in [-0.4, -0.2) is 14.4 Å². The Morgan fingerprint density at radius 1 is 1.31 bits per heavy atom. The Morgan fingerprint density at radius 2 is 1.88 bits per heavy atom. The summed E-state index contributed by atoms with van der Waals surface area (Å²) >= 11 is 0. The SMILES string of the molecule is C[Si](C)(C)OC(C#N)Cc1ccc(F)cc1. The third-order valence-corrected chi connectivity index (χ3v) is 2.97. The summed E-state index contributed by atoms with van der Waals surface area (Å²) in [6, 6.07) is 8.32. The molecule has 0 aliphatic carbocycles. The first-order chi connectivity index (χ1) is 7.40. The Hall–Kier alpha value is -1.18. The Morgan fingerprint density at radius 3 is 2.31 bits per heavy atom. The van der Waals surface area contributed by atoms with Gasteiger partial charge in [0.2, 0.25) is 0 Å². The van der Waals surface area contributed by atoms with E-state index in [0.717, 1.165) is 5.56 Å². The van der Waals surface area contributed by atoms with E-state index in [9.17, 15) is 4.39 Å². The van der Waals surface area contributed by atoms with Crippen LogP contribution in [-0.2, 0) is 10.8 Å². The smallest absolute Gasteiger partial charge is 0.185 e. The molecule has 1 rings (SSSR count). The summed E-state index contributed by atoms with van der Waals surface area (Å²) in [5, 5.41) is 8.98. The summed E-state index contributed by atoms with van der Waals surface area (Å²) in [6.45, 7) is 6.13. The van der Waals surface area contributed by atoms with Crippen molar-refractivity contribution in [2.24, 2.45) is 0 Å². The second kappa shape index (κ2) is 5.24. The van der Waals surface area contributed by atoms with Crippen molar-refractivity contribution >= 4 is 8.32 Å². The van der Waals surface area contributed by atoms with Crippen molar-refractivity contribution in [1.29, 1.82) is 5.26 Å². The van der Waals surface area contributed by atoms with E-state index in [1.54, 1.807) is 12.1 Å². The van der Waals surface area contributed by atoms with Gasteiger partial charge in [0.1, 0.15) is 11.9 Å². The molecular weight excluding hydrogens is 221 g/mol. The lowest BCUT2D eigenvalue weighted by Crippen LogP contribution is -2.32. The molecule has 1 aromatic carbocycles. The fourth-order valence-corrected chi connectivity index (χ4v) is 2.36. The van der Waals surface area contributed by atoms with Crippen molar-refractivity contribution in [2.45, 2.75) is 32.2 Å². The molecule has 1 unspecified atom stereocenters. The van der Waals surface area contributed by atoms with E-state index in [2.05, 4.69) is 6.07 Å². The van der Waals surface area contributed by atoms with Crippen LogP contribution in [0, 0.1) is 17.1 Å². The van der Waals surface area contributed by atoms with Crippen LogP contribution < -0.4 is 0 Å². The van der Waals surface area contributed by atoms with Crippen LogP contribution in [0.4, 0.5) is 4.39 Å². The van der Waals surface area contributed by atoms with Gasteiger partial charge in [0.05, 0.1) is 6.07 Å². The van der Waals surface area contributed by atoms with Gasteiger partial charge in [-0.15, -0.1) is 0 Å². The molecule has 0 amide bonds. The van der Waals surface area contributed by atoms with Gasteiger partial charge in [-0.2, -0.15) is 5.26 Å². The first kappa shape index (κ1) is 12.9. The van der Waals surface area contributed by atoms with Crippen molar-refractivity contribution in [3.8, 4) is 6.07 Å². The lowest BCUT2D eigenvalue weighted by atomic mass is 10.1. The Bertz CT molecular complexity index is 377. The molecule has 0 radical (unpaired) electrons. The van der Waals surface area contributed by atoms with E-state index in [0.29, 0.717) is 6.42 Å². The Kier molecular flexibility index (Phi) is 4.22. The molecule has 0 saturated carbocycles. The summed E-state index contributed by atoms with van der Waals surface area (Å²) in [4.78, 5) is 0. The van der Waals surface area contributed by atoms with Crippen molar-refractivity contribution < 1.29 is 8.82 Å². The summed E-state index contributed by atoms with van der Waals surface area (Å²) in [6.07, 6.45) is 0.0817. The molecule has 1 atom stereocenters. The minimum atomic E-state index is -1.70. The molecule has 0 bridgehead atoms. The molecule has 4 heteroatoms. The molecular formula is C12H16FNOSi. The maximum Gasteiger partial charge on any atom is 0.185 e. The van der Waals surface area contributed by atoms with E-state index in [1.807, 2.05) is 19.6 Å². The van der Waals surface area contributed by atoms with Crippen molar-refractivity contribution in [1.82, 2.24) is 0 Å². The summed E-state index contributed by atoms with van der Waals surface area (Å²) < 4.78 is 18.4. The van der Waals surface area contributed by atoms with Gasteiger partial charge in [0.15, 0.2) is 8.32 Å². The molecule has 0 aromatic heterocycles. The molecule has 0 saturated heterocycles.